The van der Waals surface area contributed by atoms with E-state index in [9.17, 15) is 29.7 Å². The molecule has 0 amide bonds. The van der Waals surface area contributed by atoms with Crippen molar-refractivity contribution in [2.24, 2.45) is 0 Å². The van der Waals surface area contributed by atoms with Crippen molar-refractivity contribution in [2.45, 2.75) is 0 Å². The third kappa shape index (κ3) is 7.82. The van der Waals surface area contributed by atoms with E-state index in [1.165, 1.54) is 18.2 Å². The number of carboxylic acids is 3. The Morgan fingerprint density at radius 3 is 0.824 bits per heavy atom. The summed E-state index contributed by atoms with van der Waals surface area (Å²) in [5.74, 6) is -7.76. The first-order chi connectivity index (χ1) is 15.4. The van der Waals surface area contributed by atoms with Crippen LogP contribution in [0.25, 0.3) is 0 Å². The smallest absolute Gasteiger partial charge is 0.872 e. The molecule has 0 spiro atoms. The summed E-state index contributed by atoms with van der Waals surface area (Å²) in [5, 5.41) is 84.0. The number of rotatable bonds is 3. The van der Waals surface area contributed by atoms with Gasteiger partial charge in [0.1, 0.15) is 17.2 Å². The molecule has 0 aliphatic rings. The Labute approximate surface area is 201 Å². The summed E-state index contributed by atoms with van der Waals surface area (Å²) in [6.07, 6.45) is 0. The zero-order valence-electron chi connectivity index (χ0n) is 16.7. The molecule has 0 aliphatic heterocycles. The van der Waals surface area contributed by atoms with Crippen LogP contribution < -0.4 is 15.3 Å². The van der Waals surface area contributed by atoms with Crippen LogP contribution in [0.4, 0.5) is 0 Å². The molecule has 34 heavy (non-hydrogen) atoms. The maximum atomic E-state index is 10.7. The van der Waals surface area contributed by atoms with E-state index < -0.39 is 69.1 Å². The van der Waals surface area contributed by atoms with Crippen LogP contribution >= 0.6 is 0 Å². The van der Waals surface area contributed by atoms with E-state index in [1.807, 2.05) is 0 Å². The first-order valence-electron chi connectivity index (χ1n) is 8.55. The van der Waals surface area contributed by atoms with Gasteiger partial charge in [-0.15, -0.1) is 0 Å². The van der Waals surface area contributed by atoms with Crippen molar-refractivity contribution in [2.75, 3.05) is 0 Å². The first kappa shape index (κ1) is 29.4. The molecule has 13 heteroatoms. The van der Waals surface area contributed by atoms with E-state index in [0.717, 1.165) is 36.4 Å². The molecule has 3 rings (SSSR count). The van der Waals surface area contributed by atoms with Crippen LogP contribution in [-0.4, -0.2) is 48.5 Å². The van der Waals surface area contributed by atoms with Crippen LogP contribution in [-0.2, 0) is 17.1 Å². The Balaban J connectivity index is 0.000000473. The van der Waals surface area contributed by atoms with Crippen molar-refractivity contribution in [3.8, 4) is 34.5 Å². The number of carbonyl (C=O) groups is 3. The second-order valence-corrected chi connectivity index (χ2v) is 5.87. The molecular formula is C21H15FeO12. The summed E-state index contributed by atoms with van der Waals surface area (Å²) >= 11 is 0. The van der Waals surface area contributed by atoms with Gasteiger partial charge in [-0.25, -0.2) is 14.4 Å². The van der Waals surface area contributed by atoms with Crippen molar-refractivity contribution < 1.29 is 77.4 Å². The number of aromatic hydroxyl groups is 3. The summed E-state index contributed by atoms with van der Waals surface area (Å²) in [6, 6.07) is 10.6. The minimum atomic E-state index is -1.41. The second kappa shape index (κ2) is 13.1. The summed E-state index contributed by atoms with van der Waals surface area (Å²) in [5.41, 5.74) is -1.73. The third-order valence-corrected chi connectivity index (χ3v) is 3.65. The number of aromatic carboxylic acids is 3. The molecule has 0 aromatic heterocycles. The van der Waals surface area contributed by atoms with Gasteiger partial charge in [-0.3, -0.25) is 0 Å². The summed E-state index contributed by atoms with van der Waals surface area (Å²) in [6.45, 7) is 0. The molecular weight excluding hydrogens is 500 g/mol. The minimum Gasteiger partial charge on any atom is -0.872 e. The van der Waals surface area contributed by atoms with Gasteiger partial charge in [0.15, 0.2) is 0 Å². The van der Waals surface area contributed by atoms with Gasteiger partial charge in [0.05, 0.1) is 16.7 Å². The Morgan fingerprint density at radius 2 is 0.706 bits per heavy atom. The van der Waals surface area contributed by atoms with E-state index >= 15 is 0 Å². The predicted octanol–water partition coefficient (Wildman–Crippen LogP) is 0.489. The van der Waals surface area contributed by atoms with Crippen molar-refractivity contribution in [1.82, 2.24) is 0 Å². The van der Waals surface area contributed by atoms with Crippen LogP contribution in [0.2, 0.25) is 0 Å². The maximum Gasteiger partial charge on any atom is 3.00 e. The summed E-state index contributed by atoms with van der Waals surface area (Å²) < 4.78 is 0. The zero-order valence-corrected chi connectivity index (χ0v) is 17.8. The average molecular weight is 515 g/mol. The van der Waals surface area contributed by atoms with Gasteiger partial charge >= 0.3 is 35.0 Å². The van der Waals surface area contributed by atoms with Crippen molar-refractivity contribution in [1.29, 1.82) is 0 Å². The second-order valence-electron chi connectivity index (χ2n) is 5.87. The standard InChI is InChI=1S/3C7H6O4.Fe/c3*8-4-2-1-3-5(9)6(4)7(10)11;/h3*1-3,8-9H,(H,10,11);/q;;;+3/p-3. The fourth-order valence-electron chi connectivity index (χ4n) is 2.20. The first-order valence-corrected chi connectivity index (χ1v) is 8.55. The maximum absolute atomic E-state index is 10.7. The van der Waals surface area contributed by atoms with Crippen LogP contribution in [0.15, 0.2) is 54.6 Å². The van der Waals surface area contributed by atoms with E-state index in [0.29, 0.717) is 0 Å². The predicted molar refractivity (Wildman–Crippen MR) is 104 cm³/mol. The molecule has 6 N–H and O–H groups in total. The van der Waals surface area contributed by atoms with Gasteiger partial charge in [-0.2, -0.15) is 0 Å². The fourth-order valence-corrected chi connectivity index (χ4v) is 2.20. The van der Waals surface area contributed by atoms with Crippen LogP contribution in [0.3, 0.4) is 0 Å². The van der Waals surface area contributed by atoms with Crippen molar-refractivity contribution in [3.63, 3.8) is 0 Å². The van der Waals surface area contributed by atoms with Crippen LogP contribution in [0, 0.1) is 0 Å². The third-order valence-electron chi connectivity index (χ3n) is 3.65. The molecule has 3 aromatic rings. The molecule has 0 fully saturated rings. The molecule has 0 heterocycles. The molecule has 1 radical (unpaired) electrons. The zero-order chi connectivity index (χ0) is 25.3. The molecule has 12 nitrogen and oxygen atoms in total. The fraction of sp³-hybridized carbons (Fsp3) is 0. The van der Waals surface area contributed by atoms with Gasteiger partial charge in [0.2, 0.25) is 0 Å². The molecule has 0 unspecified atom stereocenters. The van der Waals surface area contributed by atoms with E-state index in [1.54, 1.807) is 0 Å². The molecule has 0 saturated heterocycles. The Bertz CT molecular complexity index is 969. The average Bonchev–Trinajstić information content (AvgIpc) is 2.68. The largest absolute Gasteiger partial charge is 3.00 e. The summed E-state index contributed by atoms with van der Waals surface area (Å²) in [4.78, 5) is 30.8. The Hall–Kier alpha value is -4.61. The van der Waals surface area contributed by atoms with E-state index in [2.05, 4.69) is 0 Å². The molecule has 3 aromatic carbocycles. The number of hydrogen-bond acceptors (Lipinski definition) is 9. The van der Waals surface area contributed by atoms with Crippen molar-refractivity contribution >= 4 is 17.9 Å². The monoisotopic (exact) mass is 515 g/mol. The normalized spacial score (nSPS) is 9.18. The summed E-state index contributed by atoms with van der Waals surface area (Å²) in [7, 11) is 0. The minimum absolute atomic E-state index is 0. The number of phenols is 3. The van der Waals surface area contributed by atoms with Crippen LogP contribution in [0.5, 0.6) is 34.5 Å². The quantitative estimate of drug-likeness (QED) is 0.261. The van der Waals surface area contributed by atoms with Crippen molar-refractivity contribution in [3.05, 3.63) is 71.3 Å². The van der Waals surface area contributed by atoms with E-state index in [-0.39, 0.29) is 17.1 Å². The molecule has 0 aliphatic carbocycles. The Kier molecular flexibility index (Phi) is 11.3. The number of carboxylic acid groups (broad SMARTS) is 3. The van der Waals surface area contributed by atoms with Gasteiger partial charge in [-0.1, -0.05) is 53.6 Å². The molecule has 179 valence electrons. The number of hydrogen-bond donors (Lipinski definition) is 6. The Morgan fingerprint density at radius 1 is 0.500 bits per heavy atom. The van der Waals surface area contributed by atoms with E-state index in [4.69, 9.17) is 30.6 Å². The topological polar surface area (TPSA) is 242 Å². The van der Waals surface area contributed by atoms with Gasteiger partial charge in [0.25, 0.3) is 0 Å². The number of benzene rings is 3. The molecule has 0 saturated carbocycles. The van der Waals surface area contributed by atoms with Gasteiger partial charge in [0, 0.05) is 0 Å². The van der Waals surface area contributed by atoms with Gasteiger partial charge in [-0.05, 0) is 18.2 Å². The van der Waals surface area contributed by atoms with Crippen LogP contribution in [0.1, 0.15) is 31.1 Å². The molecule has 0 bridgehead atoms. The SMILES string of the molecule is O=C(O)c1c([O-])cccc1O.O=C(O)c1c([O-])cccc1O.O=C(O)c1c([O-])cccc1O.[Fe+3]. The molecule has 0 atom stereocenters. The van der Waals surface area contributed by atoms with Gasteiger partial charge < -0.3 is 46.0 Å².